The van der Waals surface area contributed by atoms with Crippen LogP contribution in [0.5, 0.6) is 0 Å². The van der Waals surface area contributed by atoms with Gasteiger partial charge in [-0.05, 0) is 59.0 Å². The van der Waals surface area contributed by atoms with Gasteiger partial charge in [-0.25, -0.2) is 4.79 Å². The molecule has 2 N–H and O–H groups in total. The van der Waals surface area contributed by atoms with E-state index >= 15 is 0 Å². The number of rotatable bonds is 6. The number of aliphatic carboxylic acids is 1. The number of halogens is 1. The van der Waals surface area contributed by atoms with Crippen LogP contribution >= 0.6 is 27.7 Å². The molecule has 0 aliphatic rings. The van der Waals surface area contributed by atoms with Gasteiger partial charge in [0.05, 0.1) is 5.56 Å². The van der Waals surface area contributed by atoms with Crippen molar-refractivity contribution in [3.8, 4) is 0 Å². The second-order valence-electron chi connectivity index (χ2n) is 4.13. The van der Waals surface area contributed by atoms with E-state index in [0.717, 1.165) is 5.56 Å². The number of carboxylic acid groups (broad SMARTS) is 1. The van der Waals surface area contributed by atoms with Gasteiger partial charge in [0.2, 0.25) is 0 Å². The fourth-order valence-corrected chi connectivity index (χ4v) is 2.68. The molecule has 0 aromatic heterocycles. The van der Waals surface area contributed by atoms with Crippen LogP contribution in [0.15, 0.2) is 22.7 Å². The summed E-state index contributed by atoms with van der Waals surface area (Å²) in [6, 6.07) is 4.47. The van der Waals surface area contributed by atoms with Gasteiger partial charge in [-0.2, -0.15) is 11.8 Å². The molecule has 0 bridgehead atoms. The molecular formula is C13H16BrNO3S. The highest BCUT2D eigenvalue weighted by atomic mass is 79.9. The number of carbonyl (C=O) groups is 2. The molecule has 6 heteroatoms. The summed E-state index contributed by atoms with van der Waals surface area (Å²) >= 11 is 4.87. The average molecular weight is 346 g/mol. The standard InChI is InChI=1S/C13H16BrNO3S/c1-8-3-4-9(10(14)7-8)12(16)15-11(13(17)18)5-6-19-2/h3-4,7,11H,5-6H2,1-2H3,(H,15,16)(H,17,18)/t11-/m1/s1. The Balaban J connectivity index is 2.78. The lowest BCUT2D eigenvalue weighted by Crippen LogP contribution is -2.41. The Morgan fingerprint density at radius 2 is 2.16 bits per heavy atom. The van der Waals surface area contributed by atoms with Gasteiger partial charge in [0.15, 0.2) is 0 Å². The van der Waals surface area contributed by atoms with E-state index in [0.29, 0.717) is 22.2 Å². The van der Waals surface area contributed by atoms with Gasteiger partial charge in [0.25, 0.3) is 5.91 Å². The van der Waals surface area contributed by atoms with Crippen molar-refractivity contribution in [1.29, 1.82) is 0 Å². The molecule has 1 aromatic rings. The summed E-state index contributed by atoms with van der Waals surface area (Å²) in [6.45, 7) is 1.92. The number of nitrogens with one attached hydrogen (secondary N) is 1. The van der Waals surface area contributed by atoms with Gasteiger partial charge in [0.1, 0.15) is 6.04 Å². The molecular weight excluding hydrogens is 330 g/mol. The minimum absolute atomic E-state index is 0.375. The number of hydrogen-bond donors (Lipinski definition) is 2. The molecule has 0 radical (unpaired) electrons. The first-order chi connectivity index (χ1) is 8.95. The van der Waals surface area contributed by atoms with Crippen LogP contribution in [-0.4, -0.2) is 35.0 Å². The second kappa shape index (κ2) is 7.55. The van der Waals surface area contributed by atoms with Gasteiger partial charge >= 0.3 is 5.97 Å². The van der Waals surface area contributed by atoms with Gasteiger partial charge in [-0.15, -0.1) is 0 Å². The zero-order chi connectivity index (χ0) is 14.4. The van der Waals surface area contributed by atoms with E-state index < -0.39 is 12.0 Å². The van der Waals surface area contributed by atoms with Crippen LogP contribution in [0.2, 0.25) is 0 Å². The lowest BCUT2D eigenvalue weighted by molar-refractivity contribution is -0.139. The Bertz CT molecular complexity index is 479. The Hall–Kier alpha value is -1.01. The normalized spacial score (nSPS) is 11.9. The van der Waals surface area contributed by atoms with Crippen LogP contribution < -0.4 is 5.32 Å². The third kappa shape index (κ3) is 4.87. The number of aryl methyl sites for hydroxylation is 1. The molecule has 104 valence electrons. The van der Waals surface area contributed by atoms with E-state index in [1.807, 2.05) is 25.3 Å². The maximum absolute atomic E-state index is 12.0. The van der Waals surface area contributed by atoms with Crippen LogP contribution in [0, 0.1) is 6.92 Å². The monoisotopic (exact) mass is 345 g/mol. The van der Waals surface area contributed by atoms with Crippen molar-refractivity contribution in [2.45, 2.75) is 19.4 Å². The molecule has 19 heavy (non-hydrogen) atoms. The second-order valence-corrected chi connectivity index (χ2v) is 5.97. The van der Waals surface area contributed by atoms with E-state index in [-0.39, 0.29) is 5.91 Å². The van der Waals surface area contributed by atoms with Crippen LogP contribution in [0.3, 0.4) is 0 Å². The minimum atomic E-state index is -1.01. The number of carboxylic acids is 1. The lowest BCUT2D eigenvalue weighted by atomic mass is 10.1. The van der Waals surface area contributed by atoms with E-state index in [2.05, 4.69) is 21.2 Å². The van der Waals surface area contributed by atoms with Gasteiger partial charge in [0, 0.05) is 4.47 Å². The van der Waals surface area contributed by atoms with E-state index in [4.69, 9.17) is 5.11 Å². The summed E-state index contributed by atoms with van der Waals surface area (Å²) in [5, 5.41) is 11.6. The van der Waals surface area contributed by atoms with E-state index in [1.165, 1.54) is 0 Å². The van der Waals surface area contributed by atoms with Crippen molar-refractivity contribution in [1.82, 2.24) is 5.32 Å². The SMILES string of the molecule is CSCC[C@@H](NC(=O)c1ccc(C)cc1Br)C(=O)O. The van der Waals surface area contributed by atoms with E-state index in [1.54, 1.807) is 17.8 Å². The van der Waals surface area contributed by atoms with Crippen molar-refractivity contribution in [2.24, 2.45) is 0 Å². The predicted octanol–water partition coefficient (Wildman–Crippen LogP) is 2.69. The molecule has 0 heterocycles. The average Bonchev–Trinajstić information content (AvgIpc) is 2.33. The fourth-order valence-electron chi connectivity index (χ4n) is 1.53. The molecule has 4 nitrogen and oxygen atoms in total. The molecule has 1 aromatic carbocycles. The van der Waals surface area contributed by atoms with Crippen molar-refractivity contribution < 1.29 is 14.7 Å². The summed E-state index contributed by atoms with van der Waals surface area (Å²) in [6.07, 6.45) is 2.31. The Morgan fingerprint density at radius 3 is 2.68 bits per heavy atom. The molecule has 0 saturated heterocycles. The van der Waals surface area contributed by atoms with Crippen LogP contribution in [0.25, 0.3) is 0 Å². The number of thioether (sulfide) groups is 1. The Kier molecular flexibility index (Phi) is 6.37. The number of benzene rings is 1. The lowest BCUT2D eigenvalue weighted by Gasteiger charge is -2.14. The molecule has 0 unspecified atom stereocenters. The number of amides is 1. The number of carbonyl (C=O) groups excluding carboxylic acids is 1. The quantitative estimate of drug-likeness (QED) is 0.831. The van der Waals surface area contributed by atoms with Crippen molar-refractivity contribution in [3.05, 3.63) is 33.8 Å². The van der Waals surface area contributed by atoms with Crippen LogP contribution in [-0.2, 0) is 4.79 Å². The molecule has 0 aliphatic heterocycles. The summed E-state index contributed by atoms with van der Waals surface area (Å²) in [7, 11) is 0. The first-order valence-corrected chi connectivity index (χ1v) is 7.93. The smallest absolute Gasteiger partial charge is 0.326 e. The van der Waals surface area contributed by atoms with Crippen molar-refractivity contribution in [3.63, 3.8) is 0 Å². The topological polar surface area (TPSA) is 66.4 Å². The highest BCUT2D eigenvalue weighted by Gasteiger charge is 2.21. The predicted molar refractivity (Wildman–Crippen MR) is 80.8 cm³/mol. The molecule has 1 rings (SSSR count). The summed E-state index contributed by atoms with van der Waals surface area (Å²) in [5.41, 5.74) is 1.47. The van der Waals surface area contributed by atoms with Crippen molar-refractivity contribution in [2.75, 3.05) is 12.0 Å². The summed E-state index contributed by atoms with van der Waals surface area (Å²) in [5.74, 6) is -0.697. The fraction of sp³-hybridized carbons (Fsp3) is 0.385. The Morgan fingerprint density at radius 1 is 1.47 bits per heavy atom. The molecule has 1 amide bonds. The third-order valence-electron chi connectivity index (χ3n) is 2.58. The van der Waals surface area contributed by atoms with Gasteiger partial charge in [-0.3, -0.25) is 4.79 Å². The molecule has 1 atom stereocenters. The summed E-state index contributed by atoms with van der Waals surface area (Å²) in [4.78, 5) is 23.1. The molecule has 0 spiro atoms. The van der Waals surface area contributed by atoms with Crippen LogP contribution in [0.1, 0.15) is 22.3 Å². The largest absolute Gasteiger partial charge is 0.480 e. The van der Waals surface area contributed by atoms with Gasteiger partial charge in [-0.1, -0.05) is 6.07 Å². The van der Waals surface area contributed by atoms with Crippen molar-refractivity contribution >= 4 is 39.6 Å². The maximum Gasteiger partial charge on any atom is 0.326 e. The minimum Gasteiger partial charge on any atom is -0.480 e. The van der Waals surface area contributed by atoms with E-state index in [9.17, 15) is 9.59 Å². The zero-order valence-corrected chi connectivity index (χ0v) is 13.2. The maximum atomic E-state index is 12.0. The van der Waals surface area contributed by atoms with Gasteiger partial charge < -0.3 is 10.4 Å². The third-order valence-corrected chi connectivity index (χ3v) is 3.88. The zero-order valence-electron chi connectivity index (χ0n) is 10.8. The molecule has 0 saturated carbocycles. The molecule has 0 aliphatic carbocycles. The van der Waals surface area contributed by atoms with Crippen LogP contribution in [0.4, 0.5) is 0 Å². The summed E-state index contributed by atoms with van der Waals surface area (Å²) < 4.78 is 0.666. The highest BCUT2D eigenvalue weighted by molar-refractivity contribution is 9.10. The highest BCUT2D eigenvalue weighted by Crippen LogP contribution is 2.18. The first-order valence-electron chi connectivity index (χ1n) is 5.74. The first kappa shape index (κ1) is 16.0. The molecule has 0 fully saturated rings. The number of hydrogen-bond acceptors (Lipinski definition) is 3. The Labute approximate surface area is 125 Å².